The zero-order chi connectivity index (χ0) is 14.9. The van der Waals surface area contributed by atoms with Gasteiger partial charge in [-0.15, -0.1) is 0 Å². The van der Waals surface area contributed by atoms with Gasteiger partial charge in [-0.25, -0.2) is 4.72 Å². The molecule has 8 nitrogen and oxygen atoms in total. The number of carbonyl (C=O) groups excluding carboxylic acids is 2. The summed E-state index contributed by atoms with van der Waals surface area (Å²) < 4.78 is 31.1. The van der Waals surface area contributed by atoms with Gasteiger partial charge in [-0.2, -0.15) is 12.7 Å². The van der Waals surface area contributed by atoms with E-state index in [2.05, 4.69) is 14.8 Å². The Labute approximate surface area is 113 Å². The SMILES string of the molecule is CCNC(=O)CCNS(=O)(=O)N(C)CCC(=O)OC. The van der Waals surface area contributed by atoms with Crippen LogP contribution in [0.15, 0.2) is 0 Å². The van der Waals surface area contributed by atoms with Crippen molar-refractivity contribution in [3.63, 3.8) is 0 Å². The summed E-state index contributed by atoms with van der Waals surface area (Å²) >= 11 is 0. The van der Waals surface area contributed by atoms with Crippen LogP contribution in [-0.4, -0.2) is 58.4 Å². The summed E-state index contributed by atoms with van der Waals surface area (Å²) in [5.74, 6) is -0.702. The van der Waals surface area contributed by atoms with E-state index in [-0.39, 0.29) is 31.8 Å². The topological polar surface area (TPSA) is 105 Å². The molecule has 0 spiro atoms. The molecule has 0 aromatic carbocycles. The molecule has 0 aliphatic rings. The molecule has 1 amide bonds. The summed E-state index contributed by atoms with van der Waals surface area (Å²) in [7, 11) is -1.10. The van der Waals surface area contributed by atoms with Crippen LogP contribution in [0.5, 0.6) is 0 Å². The van der Waals surface area contributed by atoms with Gasteiger partial charge < -0.3 is 10.1 Å². The van der Waals surface area contributed by atoms with Crippen molar-refractivity contribution in [2.24, 2.45) is 0 Å². The van der Waals surface area contributed by atoms with E-state index in [0.29, 0.717) is 6.54 Å². The van der Waals surface area contributed by atoms with Gasteiger partial charge in [0.05, 0.1) is 13.5 Å². The van der Waals surface area contributed by atoms with Crippen molar-refractivity contribution < 1.29 is 22.7 Å². The Hall–Kier alpha value is -1.19. The molecule has 9 heteroatoms. The van der Waals surface area contributed by atoms with Crippen LogP contribution < -0.4 is 10.0 Å². The standard InChI is InChI=1S/C10H21N3O5S/c1-4-11-9(14)5-7-12-19(16,17)13(2)8-6-10(15)18-3/h12H,4-8H2,1-3H3,(H,11,14). The Balaban J connectivity index is 4.09. The maximum absolute atomic E-state index is 11.7. The highest BCUT2D eigenvalue weighted by molar-refractivity contribution is 7.87. The van der Waals surface area contributed by atoms with Crippen LogP contribution >= 0.6 is 0 Å². The molecule has 0 atom stereocenters. The largest absolute Gasteiger partial charge is 0.469 e. The molecule has 112 valence electrons. The number of hydrogen-bond donors (Lipinski definition) is 2. The van der Waals surface area contributed by atoms with E-state index in [1.54, 1.807) is 6.92 Å². The summed E-state index contributed by atoms with van der Waals surface area (Å²) in [5.41, 5.74) is 0. The van der Waals surface area contributed by atoms with Crippen molar-refractivity contribution >= 4 is 22.1 Å². The lowest BCUT2D eigenvalue weighted by Gasteiger charge is -2.16. The number of nitrogens with zero attached hydrogens (tertiary/aromatic N) is 1. The number of esters is 1. The Bertz CT molecular complexity index is 396. The van der Waals surface area contributed by atoms with Crippen molar-refractivity contribution in [1.82, 2.24) is 14.3 Å². The minimum absolute atomic E-state index is 0.0106. The first-order valence-electron chi connectivity index (χ1n) is 5.88. The fourth-order valence-corrected chi connectivity index (χ4v) is 2.07. The molecule has 2 N–H and O–H groups in total. The Morgan fingerprint density at radius 1 is 1.26 bits per heavy atom. The Kier molecular flexibility index (Phi) is 8.28. The minimum atomic E-state index is -3.68. The second-order valence-electron chi connectivity index (χ2n) is 3.75. The molecular formula is C10H21N3O5S. The highest BCUT2D eigenvalue weighted by atomic mass is 32.2. The Morgan fingerprint density at radius 3 is 2.42 bits per heavy atom. The van der Waals surface area contributed by atoms with E-state index < -0.39 is 16.2 Å². The smallest absolute Gasteiger partial charge is 0.306 e. The average molecular weight is 295 g/mol. The van der Waals surface area contributed by atoms with E-state index >= 15 is 0 Å². The van der Waals surface area contributed by atoms with E-state index in [1.165, 1.54) is 14.2 Å². The van der Waals surface area contributed by atoms with Gasteiger partial charge in [0, 0.05) is 33.1 Å². The first kappa shape index (κ1) is 17.8. The number of nitrogens with one attached hydrogen (secondary N) is 2. The zero-order valence-electron chi connectivity index (χ0n) is 11.4. The van der Waals surface area contributed by atoms with Crippen LogP contribution in [0.1, 0.15) is 19.8 Å². The van der Waals surface area contributed by atoms with E-state index in [4.69, 9.17) is 0 Å². The van der Waals surface area contributed by atoms with E-state index in [0.717, 1.165) is 4.31 Å². The van der Waals surface area contributed by atoms with Crippen LogP contribution in [0, 0.1) is 0 Å². The van der Waals surface area contributed by atoms with Crippen molar-refractivity contribution in [3.8, 4) is 0 Å². The summed E-state index contributed by atoms with van der Waals surface area (Å²) in [5, 5.41) is 2.56. The molecule has 19 heavy (non-hydrogen) atoms. The number of carbonyl (C=O) groups is 2. The highest BCUT2D eigenvalue weighted by Gasteiger charge is 2.18. The molecule has 0 unspecified atom stereocenters. The maximum atomic E-state index is 11.7. The number of methoxy groups -OCH3 is 1. The molecule has 0 aromatic rings. The van der Waals surface area contributed by atoms with Gasteiger partial charge in [0.15, 0.2) is 0 Å². The molecule has 0 heterocycles. The normalized spacial score (nSPS) is 11.4. The first-order chi connectivity index (χ1) is 8.83. The lowest BCUT2D eigenvalue weighted by atomic mass is 10.4. The first-order valence-corrected chi connectivity index (χ1v) is 7.32. The van der Waals surface area contributed by atoms with Crippen molar-refractivity contribution in [2.45, 2.75) is 19.8 Å². The van der Waals surface area contributed by atoms with Gasteiger partial charge in [-0.1, -0.05) is 0 Å². The van der Waals surface area contributed by atoms with Gasteiger partial charge in [0.25, 0.3) is 10.2 Å². The summed E-state index contributed by atoms with van der Waals surface area (Å²) in [6.07, 6.45) is 0.0438. The summed E-state index contributed by atoms with van der Waals surface area (Å²) in [4.78, 5) is 22.0. The van der Waals surface area contributed by atoms with Gasteiger partial charge in [0.1, 0.15) is 0 Å². The van der Waals surface area contributed by atoms with Crippen LogP contribution in [0.2, 0.25) is 0 Å². The molecule has 0 fully saturated rings. The van der Waals surface area contributed by atoms with Gasteiger partial charge in [0.2, 0.25) is 5.91 Å². The molecular weight excluding hydrogens is 274 g/mol. The third kappa shape index (κ3) is 7.75. The fourth-order valence-electron chi connectivity index (χ4n) is 1.16. The predicted octanol–water partition coefficient (Wildman–Crippen LogP) is -1.16. The molecule has 0 saturated heterocycles. The molecule has 0 rings (SSSR count). The van der Waals surface area contributed by atoms with E-state index in [9.17, 15) is 18.0 Å². The van der Waals surface area contributed by atoms with Crippen LogP contribution in [0.3, 0.4) is 0 Å². The molecule has 0 radical (unpaired) electrons. The fraction of sp³-hybridized carbons (Fsp3) is 0.800. The lowest BCUT2D eigenvalue weighted by molar-refractivity contribution is -0.140. The second kappa shape index (κ2) is 8.83. The van der Waals surface area contributed by atoms with Crippen LogP contribution in [-0.2, 0) is 24.5 Å². The van der Waals surface area contributed by atoms with Crippen molar-refractivity contribution in [1.29, 1.82) is 0 Å². The van der Waals surface area contributed by atoms with Crippen LogP contribution in [0.25, 0.3) is 0 Å². The molecule has 0 bridgehead atoms. The van der Waals surface area contributed by atoms with Crippen LogP contribution in [0.4, 0.5) is 0 Å². The van der Waals surface area contributed by atoms with Gasteiger partial charge in [-0.3, -0.25) is 9.59 Å². The molecule has 0 aliphatic heterocycles. The monoisotopic (exact) mass is 295 g/mol. The lowest BCUT2D eigenvalue weighted by Crippen LogP contribution is -2.40. The third-order valence-corrected chi connectivity index (χ3v) is 3.85. The van der Waals surface area contributed by atoms with Gasteiger partial charge >= 0.3 is 5.97 Å². The number of amides is 1. The van der Waals surface area contributed by atoms with Crippen molar-refractivity contribution in [2.75, 3.05) is 33.8 Å². The maximum Gasteiger partial charge on any atom is 0.306 e. The number of hydrogen-bond acceptors (Lipinski definition) is 5. The number of rotatable bonds is 9. The quantitative estimate of drug-likeness (QED) is 0.522. The minimum Gasteiger partial charge on any atom is -0.469 e. The van der Waals surface area contributed by atoms with Crippen molar-refractivity contribution in [3.05, 3.63) is 0 Å². The number of ether oxygens (including phenoxy) is 1. The summed E-state index contributed by atoms with van der Waals surface area (Å²) in [6, 6.07) is 0. The average Bonchev–Trinajstić information content (AvgIpc) is 2.35. The Morgan fingerprint density at radius 2 is 1.89 bits per heavy atom. The zero-order valence-corrected chi connectivity index (χ0v) is 12.2. The third-order valence-electron chi connectivity index (χ3n) is 2.28. The van der Waals surface area contributed by atoms with E-state index in [1.807, 2.05) is 0 Å². The second-order valence-corrected chi connectivity index (χ2v) is 5.61. The molecule has 0 saturated carbocycles. The van der Waals surface area contributed by atoms with Gasteiger partial charge in [-0.05, 0) is 6.92 Å². The summed E-state index contributed by atoms with van der Waals surface area (Å²) in [6.45, 7) is 2.31. The highest BCUT2D eigenvalue weighted by Crippen LogP contribution is 1.97. The predicted molar refractivity (Wildman–Crippen MR) is 69.5 cm³/mol. The molecule has 0 aliphatic carbocycles. The molecule has 0 aromatic heterocycles.